The number of hydrogen-bond acceptors (Lipinski definition) is 3. The van der Waals surface area contributed by atoms with E-state index in [1.54, 1.807) is 0 Å². The van der Waals surface area contributed by atoms with Gasteiger partial charge in [0.25, 0.3) is 5.56 Å². The van der Waals surface area contributed by atoms with Crippen LogP contribution in [0.2, 0.25) is 5.15 Å². The first-order valence-electron chi connectivity index (χ1n) is 4.48. The number of aromatic nitrogens is 2. The van der Waals surface area contributed by atoms with E-state index < -0.39 is 17.8 Å². The summed E-state index contributed by atoms with van der Waals surface area (Å²) in [6, 6.07) is -0.612. The van der Waals surface area contributed by atoms with Gasteiger partial charge in [0.2, 0.25) is 5.95 Å². The lowest BCUT2D eigenvalue weighted by atomic mass is 10.1. The highest BCUT2D eigenvalue weighted by Crippen LogP contribution is 2.28. The molecule has 0 saturated heterocycles. The molecule has 0 amide bonds. The van der Waals surface area contributed by atoms with Gasteiger partial charge in [-0.3, -0.25) is 9.36 Å². The Bertz CT molecular complexity index is 471. The zero-order valence-corrected chi connectivity index (χ0v) is 8.64. The van der Waals surface area contributed by atoms with Crippen LogP contribution in [0.15, 0.2) is 10.9 Å². The van der Waals surface area contributed by atoms with Crippen LogP contribution in [0.1, 0.15) is 6.42 Å². The summed E-state index contributed by atoms with van der Waals surface area (Å²) in [6.45, 7) is -0.0183. The molecule has 0 unspecified atom stereocenters. The molecule has 8 heteroatoms. The summed E-state index contributed by atoms with van der Waals surface area (Å²) >= 11 is 5.50. The fraction of sp³-hybridized carbons (Fsp3) is 0.500. The molecule has 1 atom stereocenters. The molecule has 4 nitrogen and oxygen atoms in total. The zero-order chi connectivity index (χ0) is 11.9. The van der Waals surface area contributed by atoms with Crippen molar-refractivity contribution in [2.24, 2.45) is 0 Å². The third-order valence-corrected chi connectivity index (χ3v) is 2.51. The minimum atomic E-state index is -4.36. The van der Waals surface area contributed by atoms with Crippen molar-refractivity contribution in [3.05, 3.63) is 21.6 Å². The third-order valence-electron chi connectivity index (χ3n) is 2.32. The first kappa shape index (κ1) is 11.3. The van der Waals surface area contributed by atoms with Gasteiger partial charge in [-0.15, -0.1) is 0 Å². The maximum absolute atomic E-state index is 12.4. The van der Waals surface area contributed by atoms with Gasteiger partial charge in [0.05, 0.1) is 0 Å². The minimum absolute atomic E-state index is 0.0183. The second kappa shape index (κ2) is 3.65. The number of anilines is 1. The number of halogens is 4. The van der Waals surface area contributed by atoms with Gasteiger partial charge >= 0.3 is 6.18 Å². The van der Waals surface area contributed by atoms with Crippen LogP contribution in [0.5, 0.6) is 0 Å². The average molecular weight is 254 g/mol. The van der Waals surface area contributed by atoms with Crippen LogP contribution >= 0.6 is 11.6 Å². The first-order valence-corrected chi connectivity index (χ1v) is 4.86. The van der Waals surface area contributed by atoms with Gasteiger partial charge in [0.1, 0.15) is 11.2 Å². The summed E-state index contributed by atoms with van der Waals surface area (Å²) in [5.74, 6) is -0.133. The Hall–Kier alpha value is -1.24. The van der Waals surface area contributed by atoms with Crippen LogP contribution in [0.3, 0.4) is 0 Å². The smallest absolute Gasteiger partial charge is 0.344 e. The summed E-state index contributed by atoms with van der Waals surface area (Å²) in [7, 11) is 0. The van der Waals surface area contributed by atoms with E-state index >= 15 is 0 Å². The fourth-order valence-corrected chi connectivity index (χ4v) is 1.71. The standard InChI is InChI=1S/C8H7ClF3N3O/c9-5-3-6(16)15-2-1-4(8(10,11)12)13-7(15)14-5/h3-4H,1-2H2,(H,13,14)/t4-/m1/s1. The summed E-state index contributed by atoms with van der Waals surface area (Å²) in [6.07, 6.45) is -4.55. The Balaban J connectivity index is 2.37. The Labute approximate surface area is 93.0 Å². The maximum Gasteiger partial charge on any atom is 0.408 e. The van der Waals surface area contributed by atoms with Gasteiger partial charge < -0.3 is 5.32 Å². The molecule has 0 fully saturated rings. The van der Waals surface area contributed by atoms with Crippen molar-refractivity contribution in [1.82, 2.24) is 9.55 Å². The van der Waals surface area contributed by atoms with Crippen molar-refractivity contribution < 1.29 is 13.2 Å². The van der Waals surface area contributed by atoms with E-state index in [9.17, 15) is 18.0 Å². The summed E-state index contributed by atoms with van der Waals surface area (Å²) in [5, 5.41) is 2.04. The Kier molecular flexibility index (Phi) is 2.57. The molecule has 0 aromatic carbocycles. The van der Waals surface area contributed by atoms with E-state index in [1.165, 1.54) is 0 Å². The quantitative estimate of drug-likeness (QED) is 0.715. The molecule has 16 heavy (non-hydrogen) atoms. The number of fused-ring (bicyclic) bond motifs is 1. The van der Waals surface area contributed by atoms with Gasteiger partial charge in [-0.2, -0.15) is 13.2 Å². The largest absolute Gasteiger partial charge is 0.408 e. The molecular weight excluding hydrogens is 247 g/mol. The second-order valence-electron chi connectivity index (χ2n) is 3.42. The fourth-order valence-electron chi connectivity index (χ4n) is 1.54. The van der Waals surface area contributed by atoms with Crippen LogP contribution in [0.4, 0.5) is 19.1 Å². The third kappa shape index (κ3) is 1.99. The lowest BCUT2D eigenvalue weighted by Gasteiger charge is -2.28. The Morgan fingerprint density at radius 3 is 2.88 bits per heavy atom. The van der Waals surface area contributed by atoms with E-state index in [2.05, 4.69) is 10.3 Å². The molecule has 0 bridgehead atoms. The molecule has 2 rings (SSSR count). The molecule has 1 aromatic heterocycles. The van der Waals surface area contributed by atoms with Gasteiger partial charge in [0, 0.05) is 12.6 Å². The van der Waals surface area contributed by atoms with Crippen LogP contribution in [0.25, 0.3) is 0 Å². The topological polar surface area (TPSA) is 46.9 Å². The van der Waals surface area contributed by atoms with Gasteiger partial charge in [-0.1, -0.05) is 11.6 Å². The van der Waals surface area contributed by atoms with Crippen molar-refractivity contribution in [3.8, 4) is 0 Å². The van der Waals surface area contributed by atoms with Crippen molar-refractivity contribution in [2.75, 3.05) is 5.32 Å². The molecule has 1 aromatic rings. The second-order valence-corrected chi connectivity index (χ2v) is 3.81. The average Bonchev–Trinajstić information content (AvgIpc) is 2.15. The number of hydrogen-bond donors (Lipinski definition) is 1. The van der Waals surface area contributed by atoms with Crippen molar-refractivity contribution in [3.63, 3.8) is 0 Å². The molecule has 1 aliphatic heterocycles. The van der Waals surface area contributed by atoms with Gasteiger partial charge in [-0.05, 0) is 6.42 Å². The molecule has 0 aliphatic carbocycles. The van der Waals surface area contributed by atoms with E-state index in [0.29, 0.717) is 0 Å². The number of nitrogens with one attached hydrogen (secondary N) is 1. The summed E-state index contributed by atoms with van der Waals surface area (Å²) in [4.78, 5) is 15.0. The minimum Gasteiger partial charge on any atom is -0.344 e. The predicted octanol–water partition coefficient (Wildman–Crippen LogP) is 1.64. The zero-order valence-electron chi connectivity index (χ0n) is 7.88. The number of alkyl halides is 3. The van der Waals surface area contributed by atoms with E-state index in [1.807, 2.05) is 0 Å². The van der Waals surface area contributed by atoms with Crippen molar-refractivity contribution >= 4 is 17.5 Å². The number of nitrogens with zero attached hydrogens (tertiary/aromatic N) is 2. The predicted molar refractivity (Wildman–Crippen MR) is 51.6 cm³/mol. The van der Waals surface area contributed by atoms with Gasteiger partial charge in [0.15, 0.2) is 0 Å². The molecule has 0 radical (unpaired) electrons. The molecule has 1 aliphatic rings. The SMILES string of the molecule is O=c1cc(Cl)nc2n1CC[C@H](C(F)(F)F)N2. The van der Waals surface area contributed by atoms with Crippen molar-refractivity contribution in [2.45, 2.75) is 25.2 Å². The summed E-state index contributed by atoms with van der Waals surface area (Å²) < 4.78 is 38.4. The highest BCUT2D eigenvalue weighted by atomic mass is 35.5. The monoisotopic (exact) mass is 253 g/mol. The van der Waals surface area contributed by atoms with Crippen LogP contribution < -0.4 is 10.9 Å². The van der Waals surface area contributed by atoms with Crippen LogP contribution in [0, 0.1) is 0 Å². The molecule has 1 N–H and O–H groups in total. The van der Waals surface area contributed by atoms with Crippen LogP contribution in [-0.4, -0.2) is 21.8 Å². The van der Waals surface area contributed by atoms with Crippen LogP contribution in [-0.2, 0) is 6.54 Å². The van der Waals surface area contributed by atoms with Gasteiger partial charge in [-0.25, -0.2) is 4.98 Å². The Morgan fingerprint density at radius 1 is 1.56 bits per heavy atom. The molecule has 0 saturated carbocycles. The Morgan fingerprint density at radius 2 is 2.25 bits per heavy atom. The first-order chi connectivity index (χ1) is 7.38. The maximum atomic E-state index is 12.4. The van der Waals surface area contributed by atoms with E-state index in [4.69, 9.17) is 11.6 Å². The highest BCUT2D eigenvalue weighted by Gasteiger charge is 2.41. The van der Waals surface area contributed by atoms with E-state index in [0.717, 1.165) is 10.6 Å². The molecule has 88 valence electrons. The molecule has 0 spiro atoms. The lowest BCUT2D eigenvalue weighted by molar-refractivity contribution is -0.145. The normalized spacial score (nSPS) is 20.1. The highest BCUT2D eigenvalue weighted by molar-refractivity contribution is 6.29. The van der Waals surface area contributed by atoms with E-state index in [-0.39, 0.29) is 24.1 Å². The lowest BCUT2D eigenvalue weighted by Crippen LogP contribution is -2.43. The summed E-state index contributed by atoms with van der Waals surface area (Å²) in [5.41, 5.74) is -0.455. The number of rotatable bonds is 0. The molecule has 2 heterocycles. The van der Waals surface area contributed by atoms with Crippen molar-refractivity contribution in [1.29, 1.82) is 0 Å². The molecular formula is C8H7ClF3N3O.